The highest BCUT2D eigenvalue weighted by Crippen LogP contribution is 2.38. The number of piperidine rings is 1. The Bertz CT molecular complexity index is 1200. The maximum Gasteiger partial charge on any atom is 0.405 e. The molecular formula is C24H24F3N5O5. The average Bonchev–Trinajstić information content (AvgIpc) is 3.11. The number of carbonyl (C=O) groups excluding carboxylic acids is 3. The Morgan fingerprint density at radius 1 is 1.19 bits per heavy atom. The fourth-order valence-corrected chi connectivity index (χ4v) is 4.47. The topological polar surface area (TPSA) is 127 Å². The van der Waals surface area contributed by atoms with E-state index in [0.717, 1.165) is 11.1 Å². The number of hydrogen-bond donors (Lipinski definition) is 1. The van der Waals surface area contributed by atoms with E-state index in [1.807, 2.05) is 0 Å². The average molecular weight is 519 g/mol. The summed E-state index contributed by atoms with van der Waals surface area (Å²) in [5.74, 6) is -1.85. The molecule has 2 aromatic rings. The van der Waals surface area contributed by atoms with Crippen molar-refractivity contribution in [3.05, 3.63) is 60.2 Å². The number of carbonyl (C=O) groups is 3. The molecule has 2 aliphatic heterocycles. The number of fused-ring (bicyclic) bond motifs is 1. The smallest absolute Gasteiger partial charge is 0.405 e. The van der Waals surface area contributed by atoms with Gasteiger partial charge in [-0.25, -0.2) is 23.0 Å². The predicted octanol–water partition coefficient (Wildman–Crippen LogP) is 1.99. The van der Waals surface area contributed by atoms with E-state index in [-0.39, 0.29) is 31.7 Å². The normalized spacial score (nSPS) is 19.9. The van der Waals surface area contributed by atoms with Crippen LogP contribution in [0.25, 0.3) is 0 Å². The Balaban J connectivity index is 1.58. The fraction of sp³-hybridized carbons (Fsp3) is 0.375. The number of nitrogens with two attached hydrogens (primary N) is 1. The van der Waals surface area contributed by atoms with Gasteiger partial charge in [0.1, 0.15) is 30.1 Å². The van der Waals surface area contributed by atoms with E-state index in [4.69, 9.17) is 15.2 Å². The molecule has 1 saturated heterocycles. The van der Waals surface area contributed by atoms with Crippen LogP contribution in [0, 0.1) is 11.2 Å². The molecule has 2 N–H and O–H groups in total. The Hall–Kier alpha value is -4.16. The second-order valence-corrected chi connectivity index (χ2v) is 8.61. The van der Waals surface area contributed by atoms with Crippen LogP contribution in [0.2, 0.25) is 0 Å². The van der Waals surface area contributed by atoms with Crippen molar-refractivity contribution in [1.29, 1.82) is 0 Å². The molecule has 0 spiro atoms. The second-order valence-electron chi connectivity index (χ2n) is 8.61. The summed E-state index contributed by atoms with van der Waals surface area (Å²) in [5.41, 5.74) is 4.61. The lowest BCUT2D eigenvalue weighted by Crippen LogP contribution is -2.58. The fourth-order valence-electron chi connectivity index (χ4n) is 4.47. The number of hydrogen-bond acceptors (Lipinski definition) is 7. The number of likely N-dealkylation sites (tertiary alicyclic amines) is 1. The zero-order valence-corrected chi connectivity index (χ0v) is 19.6. The van der Waals surface area contributed by atoms with E-state index in [1.54, 1.807) is 18.2 Å². The van der Waals surface area contributed by atoms with Gasteiger partial charge in [0.15, 0.2) is 0 Å². The monoisotopic (exact) mass is 519 g/mol. The minimum Gasteiger partial charge on any atom is -0.489 e. The molecule has 2 atom stereocenters. The first kappa shape index (κ1) is 25.9. The zero-order valence-electron chi connectivity index (χ0n) is 19.6. The van der Waals surface area contributed by atoms with Crippen LogP contribution in [0.15, 0.2) is 53.8 Å². The number of rotatable bonds is 9. The molecule has 37 heavy (non-hydrogen) atoms. The van der Waals surface area contributed by atoms with Crippen molar-refractivity contribution >= 4 is 23.6 Å². The summed E-state index contributed by atoms with van der Waals surface area (Å²) in [6.45, 7) is -1.48. The third-order valence-electron chi connectivity index (χ3n) is 6.08. The minimum atomic E-state index is -2.80. The number of primary amides is 1. The molecule has 196 valence electrons. The maximum atomic E-state index is 13.5. The van der Waals surface area contributed by atoms with Gasteiger partial charge in [-0.05, 0) is 24.3 Å². The van der Waals surface area contributed by atoms with E-state index in [2.05, 4.69) is 10.1 Å². The number of nitrogens with zero attached hydrogens (tertiary/aromatic N) is 4. The van der Waals surface area contributed by atoms with Crippen molar-refractivity contribution < 1.29 is 37.0 Å². The lowest BCUT2D eigenvalue weighted by atomic mass is 9.74. The van der Waals surface area contributed by atoms with Crippen LogP contribution < -0.4 is 10.5 Å². The summed E-state index contributed by atoms with van der Waals surface area (Å²) in [4.78, 5) is 43.9. The Kier molecular flexibility index (Phi) is 7.60. The van der Waals surface area contributed by atoms with Crippen molar-refractivity contribution in [3.63, 3.8) is 0 Å². The molecule has 2 aliphatic rings. The van der Waals surface area contributed by atoms with Crippen molar-refractivity contribution in [2.45, 2.75) is 25.4 Å². The lowest BCUT2D eigenvalue weighted by Gasteiger charge is -2.40. The van der Waals surface area contributed by atoms with Crippen molar-refractivity contribution in [2.75, 3.05) is 26.2 Å². The Labute approximate surface area is 209 Å². The van der Waals surface area contributed by atoms with Gasteiger partial charge in [0.2, 0.25) is 6.10 Å². The summed E-state index contributed by atoms with van der Waals surface area (Å²) in [7, 11) is 0. The van der Waals surface area contributed by atoms with Gasteiger partial charge in [-0.1, -0.05) is 12.1 Å². The number of ether oxygens (including phenoxy) is 2. The van der Waals surface area contributed by atoms with Crippen LogP contribution >= 0.6 is 0 Å². The maximum absolute atomic E-state index is 13.5. The predicted molar refractivity (Wildman–Crippen MR) is 123 cm³/mol. The molecule has 4 rings (SSSR count). The molecule has 0 radical (unpaired) electrons. The molecular weight excluding hydrogens is 495 g/mol. The quantitative estimate of drug-likeness (QED) is 0.540. The Morgan fingerprint density at radius 3 is 2.68 bits per heavy atom. The molecule has 3 amide bonds. The van der Waals surface area contributed by atoms with Crippen LogP contribution in [-0.4, -0.2) is 77.3 Å². The van der Waals surface area contributed by atoms with Crippen molar-refractivity contribution in [3.8, 4) is 5.75 Å². The molecule has 0 saturated carbocycles. The Morgan fingerprint density at radius 2 is 2.00 bits per heavy atom. The molecule has 1 aromatic heterocycles. The van der Waals surface area contributed by atoms with E-state index in [0.29, 0.717) is 11.4 Å². The number of pyridine rings is 1. The van der Waals surface area contributed by atoms with E-state index >= 15 is 0 Å². The summed E-state index contributed by atoms with van der Waals surface area (Å²) in [5, 5.41) is 4.90. The highest BCUT2D eigenvalue weighted by Gasteiger charge is 2.55. The highest BCUT2D eigenvalue weighted by atomic mass is 19.3. The van der Waals surface area contributed by atoms with Gasteiger partial charge in [0.05, 0.1) is 5.71 Å². The molecule has 0 bridgehead atoms. The summed E-state index contributed by atoms with van der Waals surface area (Å²) < 4.78 is 50.2. The molecule has 0 aliphatic carbocycles. The number of hydrazone groups is 1. The summed E-state index contributed by atoms with van der Waals surface area (Å²) in [6, 6.07) is 10.2. The van der Waals surface area contributed by atoms with Crippen LogP contribution in [0.4, 0.5) is 18.0 Å². The number of halogens is 3. The summed E-state index contributed by atoms with van der Waals surface area (Å²) in [6.07, 6.45) is -3.85. The number of benzene rings is 1. The first-order valence-electron chi connectivity index (χ1n) is 11.4. The van der Waals surface area contributed by atoms with Crippen molar-refractivity contribution in [2.24, 2.45) is 16.3 Å². The van der Waals surface area contributed by atoms with Crippen LogP contribution in [0.3, 0.4) is 0 Å². The second kappa shape index (κ2) is 10.8. The van der Waals surface area contributed by atoms with E-state index < -0.39 is 54.8 Å². The van der Waals surface area contributed by atoms with E-state index in [1.165, 1.54) is 29.3 Å². The molecule has 3 heterocycles. The molecule has 1 fully saturated rings. The third-order valence-corrected chi connectivity index (χ3v) is 6.08. The van der Waals surface area contributed by atoms with Crippen LogP contribution in [-0.2, 0) is 20.7 Å². The standard InChI is InChI=1S/C24H24F3N5O5/c25-15-4-3-6-17(10-15)36-13-18(37-23(28)35)21(33)31-9-7-19-24(14-31,11-16-5-1-2-8-29-16)22(34)32(30-19)12-20(26)27/h1-6,8,10,18,20H,7,9,11-14H2,(H2,28,35)/t18-,24-/m1/s1. The van der Waals surface area contributed by atoms with Gasteiger partial charge in [-0.15, -0.1) is 0 Å². The molecule has 13 heteroatoms. The van der Waals surface area contributed by atoms with Gasteiger partial charge in [0, 0.05) is 43.9 Å². The number of aromatic nitrogens is 1. The highest BCUT2D eigenvalue weighted by molar-refractivity contribution is 6.13. The SMILES string of the molecule is NC(=O)O[C@H](COc1cccc(F)c1)C(=O)N1CCC2=NN(CC(F)F)C(=O)[C@]2(Cc2ccccn2)C1. The first-order chi connectivity index (χ1) is 17.7. The summed E-state index contributed by atoms with van der Waals surface area (Å²) >= 11 is 0. The minimum absolute atomic E-state index is 0.0240. The molecule has 1 aromatic carbocycles. The van der Waals surface area contributed by atoms with Gasteiger partial charge in [-0.2, -0.15) is 5.10 Å². The van der Waals surface area contributed by atoms with Crippen molar-refractivity contribution in [1.82, 2.24) is 14.9 Å². The third kappa shape index (κ3) is 5.81. The molecule has 0 unspecified atom stereocenters. The zero-order chi connectivity index (χ0) is 26.6. The first-order valence-corrected chi connectivity index (χ1v) is 11.4. The lowest BCUT2D eigenvalue weighted by molar-refractivity contribution is -0.147. The van der Waals surface area contributed by atoms with Gasteiger partial charge >= 0.3 is 6.09 Å². The molecule has 10 nitrogen and oxygen atoms in total. The number of alkyl halides is 2. The van der Waals surface area contributed by atoms with Gasteiger partial charge in [0.25, 0.3) is 18.2 Å². The van der Waals surface area contributed by atoms with E-state index in [9.17, 15) is 27.6 Å². The van der Waals surface area contributed by atoms with Gasteiger partial charge in [-0.3, -0.25) is 14.6 Å². The number of amides is 3. The largest absolute Gasteiger partial charge is 0.489 e. The van der Waals surface area contributed by atoms with Crippen LogP contribution in [0.1, 0.15) is 12.1 Å². The van der Waals surface area contributed by atoms with Gasteiger partial charge < -0.3 is 20.1 Å². The van der Waals surface area contributed by atoms with Crippen LogP contribution in [0.5, 0.6) is 5.75 Å².